The van der Waals surface area contributed by atoms with Crippen molar-refractivity contribution in [1.29, 1.82) is 0 Å². The molecule has 0 aliphatic carbocycles. The molecule has 0 bridgehead atoms. The van der Waals surface area contributed by atoms with Gasteiger partial charge in [0, 0.05) is 12.3 Å². The lowest BCUT2D eigenvalue weighted by Gasteiger charge is -2.46. The Labute approximate surface area is 179 Å². The van der Waals surface area contributed by atoms with Crippen molar-refractivity contribution in [3.63, 3.8) is 0 Å². The van der Waals surface area contributed by atoms with Crippen molar-refractivity contribution >= 4 is 5.97 Å². The maximum Gasteiger partial charge on any atom is 0.306 e. The highest BCUT2D eigenvalue weighted by Crippen LogP contribution is 2.32. The van der Waals surface area contributed by atoms with E-state index in [1.54, 1.807) is 20.8 Å². The fraction of sp³-hybridized carbons (Fsp3) is 0.952. The number of hydrogen-bond donors (Lipinski definition) is 4. The Kier molecular flexibility index (Phi) is 11.1. The topological polar surface area (TPSA) is 135 Å². The summed E-state index contributed by atoms with van der Waals surface area (Å²) in [5.74, 6) is -0.890. The summed E-state index contributed by atoms with van der Waals surface area (Å²) in [6.45, 7) is 12.3. The molecule has 9 nitrogen and oxygen atoms in total. The van der Waals surface area contributed by atoms with Gasteiger partial charge in [0.05, 0.1) is 18.8 Å². The van der Waals surface area contributed by atoms with Gasteiger partial charge in [0.2, 0.25) is 0 Å². The zero-order chi connectivity index (χ0) is 23.2. The lowest BCUT2D eigenvalue weighted by molar-refractivity contribution is -0.331. The summed E-state index contributed by atoms with van der Waals surface area (Å²) in [5, 5.41) is 40.7. The van der Waals surface area contributed by atoms with E-state index in [1.165, 1.54) is 0 Å². The number of esters is 1. The van der Waals surface area contributed by atoms with E-state index in [9.17, 15) is 25.2 Å². The Morgan fingerprint density at radius 3 is 2.07 bits per heavy atom. The molecule has 2 aliphatic rings. The highest BCUT2D eigenvalue weighted by molar-refractivity contribution is 5.69. The molecule has 178 valence electrons. The van der Waals surface area contributed by atoms with Crippen LogP contribution in [0.15, 0.2) is 0 Å². The third-order valence-corrected chi connectivity index (χ3v) is 5.38. The van der Waals surface area contributed by atoms with Gasteiger partial charge in [-0.1, -0.05) is 34.6 Å². The molecule has 30 heavy (non-hydrogen) atoms. The number of aliphatic hydroxyl groups excluding tert-OH is 4. The Bertz CT molecular complexity index is 513. The van der Waals surface area contributed by atoms with Crippen LogP contribution in [-0.4, -0.2) is 88.1 Å². The molecule has 0 aromatic heterocycles. The van der Waals surface area contributed by atoms with Gasteiger partial charge in [-0.05, 0) is 19.8 Å². The molecule has 2 saturated heterocycles. The van der Waals surface area contributed by atoms with E-state index in [0.29, 0.717) is 0 Å². The predicted molar refractivity (Wildman–Crippen MR) is 108 cm³/mol. The smallest absolute Gasteiger partial charge is 0.306 e. The molecule has 0 spiro atoms. The number of aliphatic hydroxyl groups is 4. The molecule has 0 radical (unpaired) electrons. The summed E-state index contributed by atoms with van der Waals surface area (Å²) in [6.07, 6.45) is -8.26. The molecule has 0 aromatic rings. The lowest BCUT2D eigenvalue weighted by atomic mass is 9.90. The first-order chi connectivity index (χ1) is 14.1. The van der Waals surface area contributed by atoms with Crippen LogP contribution in [0.25, 0.3) is 0 Å². The number of carbonyl (C=O) groups is 1. The molecule has 4 N–H and O–H groups in total. The zero-order valence-electron chi connectivity index (χ0n) is 19.1. The second kappa shape index (κ2) is 12.3. The molecule has 0 saturated carbocycles. The molecule has 10 atom stereocenters. The van der Waals surface area contributed by atoms with Crippen molar-refractivity contribution in [2.45, 2.75) is 110 Å². The largest absolute Gasteiger partial charge is 0.459 e. The summed E-state index contributed by atoms with van der Waals surface area (Å²) >= 11 is 0. The van der Waals surface area contributed by atoms with E-state index in [4.69, 9.17) is 18.9 Å². The maximum atomic E-state index is 12.0. The van der Waals surface area contributed by atoms with Crippen molar-refractivity contribution in [2.75, 3.05) is 6.61 Å². The van der Waals surface area contributed by atoms with E-state index in [0.717, 1.165) is 0 Å². The lowest BCUT2D eigenvalue weighted by Crippen LogP contribution is -2.62. The number of carbonyl (C=O) groups excluding carboxylic acids is 1. The Hall–Kier alpha value is -0.810. The third-order valence-electron chi connectivity index (χ3n) is 5.38. The molecule has 0 amide bonds. The first kappa shape index (κ1) is 27.2. The number of ether oxygens (including phenoxy) is 4. The van der Waals surface area contributed by atoms with Crippen LogP contribution in [0.5, 0.6) is 0 Å². The molecule has 2 aliphatic heterocycles. The van der Waals surface area contributed by atoms with Gasteiger partial charge in [-0.2, -0.15) is 0 Å². The second-order valence-electron chi connectivity index (χ2n) is 8.26. The van der Waals surface area contributed by atoms with Gasteiger partial charge in [-0.25, -0.2) is 0 Å². The van der Waals surface area contributed by atoms with Gasteiger partial charge in [0.15, 0.2) is 6.29 Å². The fourth-order valence-corrected chi connectivity index (χ4v) is 3.68. The van der Waals surface area contributed by atoms with E-state index >= 15 is 0 Å². The van der Waals surface area contributed by atoms with Gasteiger partial charge >= 0.3 is 5.97 Å². The van der Waals surface area contributed by atoms with Crippen molar-refractivity contribution in [1.82, 2.24) is 0 Å². The molecule has 10 unspecified atom stereocenters. The van der Waals surface area contributed by atoms with Crippen LogP contribution in [-0.2, 0) is 23.7 Å². The summed E-state index contributed by atoms with van der Waals surface area (Å²) in [7, 11) is 0. The number of hydrogen-bond acceptors (Lipinski definition) is 9. The molecule has 0 aromatic carbocycles. The first-order valence-electron chi connectivity index (χ1n) is 10.9. The van der Waals surface area contributed by atoms with E-state index < -0.39 is 73.6 Å². The SMILES string of the molecule is CC.CC(C)CC(=O)OC1C(CO)OC(OC2C(C)OC(C)C(O)C2O)C(O)C1C. The van der Waals surface area contributed by atoms with E-state index in [2.05, 4.69) is 0 Å². The van der Waals surface area contributed by atoms with Crippen LogP contribution in [0.3, 0.4) is 0 Å². The second-order valence-corrected chi connectivity index (χ2v) is 8.26. The zero-order valence-corrected chi connectivity index (χ0v) is 19.1. The average molecular weight is 437 g/mol. The van der Waals surface area contributed by atoms with Gasteiger partial charge in [-0.15, -0.1) is 0 Å². The number of rotatable bonds is 6. The van der Waals surface area contributed by atoms with Crippen molar-refractivity contribution < 1.29 is 44.2 Å². The average Bonchev–Trinajstić information content (AvgIpc) is 2.69. The van der Waals surface area contributed by atoms with Crippen LogP contribution in [0, 0.1) is 11.8 Å². The summed E-state index contributed by atoms with van der Waals surface area (Å²) in [6, 6.07) is 0. The highest BCUT2D eigenvalue weighted by Gasteiger charge is 2.49. The monoisotopic (exact) mass is 436 g/mol. The van der Waals surface area contributed by atoms with Crippen LogP contribution in [0.1, 0.15) is 54.9 Å². The fourth-order valence-electron chi connectivity index (χ4n) is 3.68. The quantitative estimate of drug-likeness (QED) is 0.441. The van der Waals surface area contributed by atoms with Gasteiger partial charge in [0.25, 0.3) is 0 Å². The Balaban J connectivity index is 0.00000218. The predicted octanol–water partition coefficient (Wildman–Crippen LogP) is 0.599. The minimum Gasteiger partial charge on any atom is -0.459 e. The first-order valence-corrected chi connectivity index (χ1v) is 10.9. The molecule has 2 rings (SSSR count). The molecule has 2 fully saturated rings. The van der Waals surface area contributed by atoms with Crippen molar-refractivity contribution in [2.24, 2.45) is 11.8 Å². The molecular weight excluding hydrogens is 396 g/mol. The minimum atomic E-state index is -1.22. The van der Waals surface area contributed by atoms with Gasteiger partial charge in [0.1, 0.15) is 36.6 Å². The van der Waals surface area contributed by atoms with Crippen molar-refractivity contribution in [3.8, 4) is 0 Å². The Morgan fingerprint density at radius 2 is 1.53 bits per heavy atom. The molecular formula is C21H40O9. The Morgan fingerprint density at radius 1 is 0.933 bits per heavy atom. The van der Waals surface area contributed by atoms with Crippen LogP contribution in [0.2, 0.25) is 0 Å². The maximum absolute atomic E-state index is 12.0. The van der Waals surface area contributed by atoms with Crippen LogP contribution >= 0.6 is 0 Å². The standard InChI is InChI=1S/C19H34O9.C2H6/c1-8(2)6-13(21)27-17-9(3)14(22)19(26-12(17)7-20)28-18-11(5)25-10(4)15(23)16(18)24;1-2/h8-12,14-20,22-24H,6-7H2,1-5H3;1-2H3. The minimum absolute atomic E-state index is 0.115. The third kappa shape index (κ3) is 6.59. The summed E-state index contributed by atoms with van der Waals surface area (Å²) in [4.78, 5) is 12.0. The van der Waals surface area contributed by atoms with E-state index in [-0.39, 0.29) is 12.3 Å². The normalized spacial score (nSPS) is 41.7. The van der Waals surface area contributed by atoms with E-state index in [1.807, 2.05) is 27.7 Å². The van der Waals surface area contributed by atoms with Crippen LogP contribution in [0.4, 0.5) is 0 Å². The van der Waals surface area contributed by atoms with Crippen molar-refractivity contribution in [3.05, 3.63) is 0 Å². The summed E-state index contributed by atoms with van der Waals surface area (Å²) < 4.78 is 22.4. The van der Waals surface area contributed by atoms with Crippen LogP contribution < -0.4 is 0 Å². The molecule has 9 heteroatoms. The highest BCUT2D eigenvalue weighted by atomic mass is 16.7. The summed E-state index contributed by atoms with van der Waals surface area (Å²) in [5.41, 5.74) is 0. The van der Waals surface area contributed by atoms with Gasteiger partial charge < -0.3 is 39.4 Å². The molecule has 2 heterocycles. The van der Waals surface area contributed by atoms with Gasteiger partial charge in [-0.3, -0.25) is 4.79 Å².